The van der Waals surface area contributed by atoms with E-state index in [0.29, 0.717) is 52.6 Å². The van der Waals surface area contributed by atoms with Gasteiger partial charge < -0.3 is 15.1 Å². The lowest BCUT2D eigenvalue weighted by atomic mass is 9.85. The summed E-state index contributed by atoms with van der Waals surface area (Å²) in [6.45, 7) is 6.67. The minimum Gasteiger partial charge on any atom is -0.459 e. The van der Waals surface area contributed by atoms with Crippen LogP contribution in [0.15, 0.2) is 71.4 Å². The van der Waals surface area contributed by atoms with Crippen LogP contribution >= 0.6 is 0 Å². The van der Waals surface area contributed by atoms with Crippen molar-refractivity contribution in [3.05, 3.63) is 112 Å². The molecule has 0 atom stereocenters. The predicted octanol–water partition coefficient (Wildman–Crippen LogP) is 5.59. The number of nitrogens with one attached hydrogen (secondary N) is 2. The van der Waals surface area contributed by atoms with Gasteiger partial charge in [-0.2, -0.15) is 0 Å². The second kappa shape index (κ2) is 10.4. The largest absolute Gasteiger partial charge is 0.459 e. The summed E-state index contributed by atoms with van der Waals surface area (Å²) in [5.74, 6) is -0.127. The predicted molar refractivity (Wildman–Crippen MR) is 146 cm³/mol. The molecule has 1 aliphatic rings. The number of amides is 1. The van der Waals surface area contributed by atoms with E-state index in [1.54, 1.807) is 24.5 Å². The van der Waals surface area contributed by atoms with Crippen LogP contribution in [0.4, 0.5) is 5.69 Å². The van der Waals surface area contributed by atoms with Crippen LogP contribution in [-0.2, 0) is 17.9 Å². The third-order valence-corrected chi connectivity index (χ3v) is 6.75. The highest BCUT2D eigenvalue weighted by molar-refractivity contribution is 6.53. The van der Waals surface area contributed by atoms with Crippen LogP contribution in [0, 0.1) is 20.8 Å². The molecule has 2 heterocycles. The lowest BCUT2D eigenvalue weighted by molar-refractivity contribution is -0.111. The molecule has 7 heteroatoms. The average molecular weight is 506 g/mol. The molecular weight excluding hydrogens is 478 g/mol. The van der Waals surface area contributed by atoms with Crippen LogP contribution < -0.4 is 10.6 Å². The van der Waals surface area contributed by atoms with E-state index in [4.69, 9.17) is 4.42 Å². The zero-order valence-electron chi connectivity index (χ0n) is 21.4. The first-order valence-electron chi connectivity index (χ1n) is 12.3. The standard InChI is InChI=1S/C31H27N3O4/c1-18-13-24-25(14-19(18)2)31-28(30(37)29(24)36)20(3)26(38-31)17-33-16-22-6-9-23(10-7-22)34-27(35)11-8-21-5-4-12-32-15-21/h4-15,33H,16-17H2,1-3H3,(H,34,35)/b11-8+. The van der Waals surface area contributed by atoms with Gasteiger partial charge in [0.2, 0.25) is 17.5 Å². The molecule has 1 amide bonds. The maximum atomic E-state index is 12.9. The second-order valence-corrected chi connectivity index (χ2v) is 9.40. The molecule has 2 aromatic heterocycles. The van der Waals surface area contributed by atoms with Crippen LogP contribution in [0.5, 0.6) is 0 Å². The van der Waals surface area contributed by atoms with E-state index in [1.807, 2.05) is 63.2 Å². The molecule has 0 saturated heterocycles. The zero-order chi connectivity index (χ0) is 26.8. The molecule has 5 rings (SSSR count). The molecule has 0 radical (unpaired) electrons. The Morgan fingerprint density at radius 3 is 2.39 bits per heavy atom. The van der Waals surface area contributed by atoms with Gasteiger partial charge in [0.15, 0.2) is 0 Å². The lowest BCUT2D eigenvalue weighted by Gasteiger charge is -2.15. The number of furan rings is 1. The number of fused-ring (bicyclic) bond motifs is 3. The van der Waals surface area contributed by atoms with Gasteiger partial charge in [-0.25, -0.2) is 0 Å². The highest BCUT2D eigenvalue weighted by Gasteiger charge is 2.36. The summed E-state index contributed by atoms with van der Waals surface area (Å²) in [5.41, 5.74) is 6.69. The van der Waals surface area contributed by atoms with Crippen molar-refractivity contribution in [2.45, 2.75) is 33.9 Å². The van der Waals surface area contributed by atoms with Gasteiger partial charge in [-0.1, -0.05) is 18.2 Å². The highest BCUT2D eigenvalue weighted by atomic mass is 16.3. The van der Waals surface area contributed by atoms with Gasteiger partial charge in [0.25, 0.3) is 0 Å². The summed E-state index contributed by atoms with van der Waals surface area (Å²) in [5, 5.41) is 6.18. The van der Waals surface area contributed by atoms with Crippen LogP contribution in [0.3, 0.4) is 0 Å². The van der Waals surface area contributed by atoms with Crippen molar-refractivity contribution in [3.63, 3.8) is 0 Å². The molecule has 2 aromatic carbocycles. The fourth-order valence-corrected chi connectivity index (χ4v) is 4.48. The summed E-state index contributed by atoms with van der Waals surface area (Å²) in [6, 6.07) is 14.9. The molecule has 190 valence electrons. The summed E-state index contributed by atoms with van der Waals surface area (Å²) in [4.78, 5) is 41.8. The Morgan fingerprint density at radius 2 is 1.68 bits per heavy atom. The minimum atomic E-state index is -0.517. The first-order chi connectivity index (χ1) is 18.3. The molecule has 0 unspecified atom stereocenters. The van der Waals surface area contributed by atoms with Crippen LogP contribution in [0.1, 0.15) is 54.3 Å². The SMILES string of the molecule is Cc1cc2c(cc1C)-c1oc(CNCc3ccc(NC(=O)/C=C/c4cccnc4)cc3)c(C)c1C(=O)C2=O. The summed E-state index contributed by atoms with van der Waals surface area (Å²) in [7, 11) is 0. The average Bonchev–Trinajstić information content (AvgIpc) is 3.25. The third-order valence-electron chi connectivity index (χ3n) is 6.75. The summed E-state index contributed by atoms with van der Waals surface area (Å²) in [6.07, 6.45) is 6.54. The molecule has 2 N–H and O–H groups in total. The zero-order valence-corrected chi connectivity index (χ0v) is 21.4. The molecule has 0 fully saturated rings. The van der Waals surface area contributed by atoms with Gasteiger partial charge in [0.05, 0.1) is 12.1 Å². The minimum absolute atomic E-state index is 0.225. The van der Waals surface area contributed by atoms with E-state index in [1.165, 1.54) is 6.08 Å². The molecular formula is C31H27N3O4. The van der Waals surface area contributed by atoms with E-state index < -0.39 is 11.6 Å². The number of nitrogens with zero attached hydrogens (tertiary/aromatic N) is 1. The molecule has 0 aliphatic heterocycles. The number of carbonyl (C=O) groups excluding carboxylic acids is 3. The summed E-state index contributed by atoms with van der Waals surface area (Å²) >= 11 is 0. The van der Waals surface area contributed by atoms with Gasteiger partial charge in [-0.05, 0) is 79.4 Å². The van der Waals surface area contributed by atoms with Crippen molar-refractivity contribution < 1.29 is 18.8 Å². The third kappa shape index (κ3) is 4.96. The van der Waals surface area contributed by atoms with Crippen LogP contribution in [0.2, 0.25) is 0 Å². The molecule has 0 spiro atoms. The quantitative estimate of drug-likeness (QED) is 0.251. The number of pyridine rings is 1. The molecule has 0 saturated carbocycles. The van der Waals surface area contributed by atoms with E-state index >= 15 is 0 Å². The van der Waals surface area contributed by atoms with Crippen LogP contribution in [-0.4, -0.2) is 22.5 Å². The number of hydrogen-bond acceptors (Lipinski definition) is 6. The second-order valence-electron chi connectivity index (χ2n) is 9.40. The Labute approximate surface area is 220 Å². The van der Waals surface area contributed by atoms with Crippen molar-refractivity contribution in [1.82, 2.24) is 10.3 Å². The highest BCUT2D eigenvalue weighted by Crippen LogP contribution is 2.39. The Hall–Kier alpha value is -4.62. The van der Waals surface area contributed by atoms with Crippen molar-refractivity contribution >= 4 is 29.2 Å². The van der Waals surface area contributed by atoms with E-state index in [0.717, 1.165) is 22.3 Å². The van der Waals surface area contributed by atoms with Gasteiger partial charge in [-0.3, -0.25) is 19.4 Å². The topological polar surface area (TPSA) is 101 Å². The number of rotatable bonds is 7. The van der Waals surface area contributed by atoms with Crippen molar-refractivity contribution in [1.29, 1.82) is 0 Å². The fourth-order valence-electron chi connectivity index (χ4n) is 4.48. The Morgan fingerprint density at radius 1 is 0.947 bits per heavy atom. The normalized spacial score (nSPS) is 12.5. The molecule has 1 aliphatic carbocycles. The summed E-state index contributed by atoms with van der Waals surface area (Å²) < 4.78 is 6.14. The Bertz CT molecular complexity index is 1580. The van der Waals surface area contributed by atoms with E-state index in [2.05, 4.69) is 15.6 Å². The molecule has 38 heavy (non-hydrogen) atoms. The van der Waals surface area contributed by atoms with Crippen molar-refractivity contribution in [2.75, 3.05) is 5.32 Å². The lowest BCUT2D eigenvalue weighted by Crippen LogP contribution is -2.21. The van der Waals surface area contributed by atoms with Crippen molar-refractivity contribution in [2.24, 2.45) is 0 Å². The Balaban J connectivity index is 1.22. The van der Waals surface area contributed by atoms with Crippen LogP contribution in [0.25, 0.3) is 17.4 Å². The Kier molecular flexibility index (Phi) is 6.85. The van der Waals surface area contributed by atoms with E-state index in [-0.39, 0.29) is 5.91 Å². The maximum Gasteiger partial charge on any atom is 0.248 e. The molecule has 4 aromatic rings. The fraction of sp³-hybridized carbons (Fsp3) is 0.161. The number of aromatic nitrogens is 1. The number of carbonyl (C=O) groups is 3. The number of anilines is 1. The van der Waals surface area contributed by atoms with Gasteiger partial charge in [-0.15, -0.1) is 0 Å². The maximum absolute atomic E-state index is 12.9. The number of aryl methyl sites for hydroxylation is 2. The number of ketones is 2. The smallest absolute Gasteiger partial charge is 0.248 e. The van der Waals surface area contributed by atoms with Crippen molar-refractivity contribution in [3.8, 4) is 11.3 Å². The van der Waals surface area contributed by atoms with Gasteiger partial charge in [0.1, 0.15) is 11.5 Å². The molecule has 0 bridgehead atoms. The monoisotopic (exact) mass is 505 g/mol. The first-order valence-corrected chi connectivity index (χ1v) is 12.3. The van der Waals surface area contributed by atoms with Gasteiger partial charge in [0, 0.05) is 47.4 Å². The number of hydrogen-bond donors (Lipinski definition) is 2. The molecule has 7 nitrogen and oxygen atoms in total. The van der Waals surface area contributed by atoms with E-state index in [9.17, 15) is 14.4 Å². The number of Topliss-reactive ketones (excluding diaryl/α,β-unsaturated/α-hetero) is 2. The first kappa shape index (κ1) is 25.0. The number of benzene rings is 2. The van der Waals surface area contributed by atoms with Gasteiger partial charge >= 0.3 is 0 Å².